The van der Waals surface area contributed by atoms with Crippen LogP contribution in [0, 0.1) is 0 Å². The number of thioether (sulfide) groups is 3. The maximum Gasteiger partial charge on any atom is 0.0506 e. The summed E-state index contributed by atoms with van der Waals surface area (Å²) in [6.07, 6.45) is 0. The zero-order chi connectivity index (χ0) is 18.3. The maximum absolute atomic E-state index is 4.85. The van der Waals surface area contributed by atoms with Gasteiger partial charge >= 0.3 is 0 Å². The SMILES string of the molecule is c1cc2cc(c1)CSCc1cccc(n1)CSCc1cccc(c1)CSC2. The first-order valence-corrected chi connectivity index (χ1v) is 12.7. The minimum absolute atomic E-state index is 0.972. The number of nitrogens with zero attached hydrogens (tertiary/aromatic N) is 1. The molecule has 0 saturated heterocycles. The summed E-state index contributed by atoms with van der Waals surface area (Å²) in [5.74, 6) is 6.17. The molecule has 0 radical (unpaired) electrons. The molecule has 0 unspecified atom stereocenters. The van der Waals surface area contributed by atoms with Crippen LogP contribution in [0.5, 0.6) is 0 Å². The molecular weight excluding hydrogens is 386 g/mol. The third kappa shape index (κ3) is 5.81. The van der Waals surface area contributed by atoms with Crippen molar-refractivity contribution in [3.8, 4) is 0 Å². The molecule has 0 spiro atoms. The van der Waals surface area contributed by atoms with Gasteiger partial charge in [0.25, 0.3) is 0 Å². The van der Waals surface area contributed by atoms with Crippen molar-refractivity contribution < 1.29 is 0 Å². The summed E-state index contributed by atoms with van der Waals surface area (Å²) in [6.45, 7) is 0. The molecule has 0 aliphatic carbocycles. The summed E-state index contributed by atoms with van der Waals surface area (Å²) in [5.41, 5.74) is 8.04. The zero-order valence-electron chi connectivity index (χ0n) is 15.3. The van der Waals surface area contributed by atoms with Gasteiger partial charge in [-0.05, 0) is 34.4 Å². The van der Waals surface area contributed by atoms with Crippen LogP contribution in [-0.4, -0.2) is 4.98 Å². The Morgan fingerprint density at radius 1 is 0.481 bits per heavy atom. The van der Waals surface area contributed by atoms with E-state index in [2.05, 4.69) is 66.7 Å². The fourth-order valence-electron chi connectivity index (χ4n) is 3.14. The number of pyridine rings is 1. The van der Waals surface area contributed by atoms with E-state index in [1.165, 1.54) is 33.6 Å². The average molecular weight is 410 g/mol. The number of hydrogen-bond donors (Lipinski definition) is 0. The minimum Gasteiger partial charge on any atom is -0.256 e. The lowest BCUT2D eigenvalue weighted by Crippen LogP contribution is -1.94. The second-order valence-corrected chi connectivity index (χ2v) is 9.70. The Bertz CT molecular complexity index is 719. The maximum atomic E-state index is 4.85. The van der Waals surface area contributed by atoms with Gasteiger partial charge in [0, 0.05) is 34.5 Å². The highest BCUT2D eigenvalue weighted by Crippen LogP contribution is 2.24. The van der Waals surface area contributed by atoms with Crippen molar-refractivity contribution in [2.45, 2.75) is 34.5 Å². The van der Waals surface area contributed by atoms with Gasteiger partial charge in [0.15, 0.2) is 0 Å². The molecule has 0 N–H and O–H groups in total. The third-order valence-electron chi connectivity index (χ3n) is 4.42. The van der Waals surface area contributed by atoms with E-state index in [4.69, 9.17) is 4.98 Å². The molecular formula is C23H23NS3. The predicted octanol–water partition coefficient (Wildman–Crippen LogP) is 6.70. The highest BCUT2D eigenvalue weighted by atomic mass is 32.2. The largest absolute Gasteiger partial charge is 0.256 e. The molecule has 1 aliphatic heterocycles. The third-order valence-corrected chi connectivity index (χ3v) is 7.57. The lowest BCUT2D eigenvalue weighted by molar-refractivity contribution is 1.09. The Morgan fingerprint density at radius 2 is 0.852 bits per heavy atom. The molecule has 1 aromatic heterocycles. The van der Waals surface area contributed by atoms with Crippen LogP contribution in [0.4, 0.5) is 0 Å². The fourth-order valence-corrected chi connectivity index (χ4v) is 5.85. The van der Waals surface area contributed by atoms with Gasteiger partial charge in [-0.15, -0.1) is 0 Å². The van der Waals surface area contributed by atoms with Gasteiger partial charge in [-0.2, -0.15) is 35.3 Å². The Morgan fingerprint density at radius 3 is 1.30 bits per heavy atom. The quantitative estimate of drug-likeness (QED) is 0.410. The summed E-state index contributed by atoms with van der Waals surface area (Å²) in [7, 11) is 0. The number of rotatable bonds is 0. The summed E-state index contributed by atoms with van der Waals surface area (Å²) in [5, 5.41) is 0. The van der Waals surface area contributed by atoms with Crippen molar-refractivity contribution in [2.24, 2.45) is 0 Å². The minimum atomic E-state index is 0.972. The van der Waals surface area contributed by atoms with Crippen LogP contribution < -0.4 is 0 Å². The van der Waals surface area contributed by atoms with Gasteiger partial charge < -0.3 is 0 Å². The summed E-state index contributed by atoms with van der Waals surface area (Å²) < 4.78 is 0. The molecule has 6 bridgehead atoms. The first-order valence-electron chi connectivity index (χ1n) is 9.19. The smallest absolute Gasteiger partial charge is 0.0506 e. The number of hydrogen-bond acceptors (Lipinski definition) is 4. The lowest BCUT2D eigenvalue weighted by atomic mass is 10.2. The van der Waals surface area contributed by atoms with Crippen LogP contribution in [0.1, 0.15) is 33.6 Å². The van der Waals surface area contributed by atoms with Gasteiger partial charge in [-0.1, -0.05) is 54.6 Å². The molecule has 0 atom stereocenters. The molecule has 0 fully saturated rings. The van der Waals surface area contributed by atoms with Gasteiger partial charge in [-0.3, -0.25) is 4.98 Å². The predicted molar refractivity (Wildman–Crippen MR) is 122 cm³/mol. The van der Waals surface area contributed by atoms with Crippen LogP contribution >= 0.6 is 35.3 Å². The molecule has 4 rings (SSSR count). The molecule has 0 saturated carbocycles. The molecule has 2 heterocycles. The summed E-state index contributed by atoms with van der Waals surface area (Å²) in [6, 6.07) is 24.5. The molecule has 0 amide bonds. The van der Waals surface area contributed by atoms with Crippen molar-refractivity contribution in [3.05, 3.63) is 100 Å². The lowest BCUT2D eigenvalue weighted by Gasteiger charge is -2.09. The van der Waals surface area contributed by atoms with Crippen LogP contribution in [0.3, 0.4) is 0 Å². The monoisotopic (exact) mass is 409 g/mol. The highest BCUT2D eigenvalue weighted by Gasteiger charge is 2.04. The van der Waals surface area contributed by atoms with Crippen LogP contribution in [0.2, 0.25) is 0 Å². The Labute approximate surface area is 174 Å². The molecule has 27 heavy (non-hydrogen) atoms. The molecule has 3 aromatic rings. The van der Waals surface area contributed by atoms with Crippen molar-refractivity contribution >= 4 is 35.3 Å². The van der Waals surface area contributed by atoms with Crippen LogP contribution in [0.15, 0.2) is 66.7 Å². The van der Waals surface area contributed by atoms with Crippen LogP contribution in [0.25, 0.3) is 0 Å². The molecule has 138 valence electrons. The molecule has 1 aliphatic rings. The van der Waals surface area contributed by atoms with Crippen molar-refractivity contribution in [2.75, 3.05) is 0 Å². The van der Waals surface area contributed by atoms with E-state index in [0.29, 0.717) is 0 Å². The topological polar surface area (TPSA) is 12.9 Å². The second-order valence-electron chi connectivity index (χ2n) is 6.74. The van der Waals surface area contributed by atoms with E-state index in [9.17, 15) is 0 Å². The molecule has 1 nitrogen and oxygen atoms in total. The van der Waals surface area contributed by atoms with E-state index in [-0.39, 0.29) is 0 Å². The fraction of sp³-hybridized carbons (Fsp3) is 0.261. The van der Waals surface area contributed by atoms with Gasteiger partial charge in [0.2, 0.25) is 0 Å². The highest BCUT2D eigenvalue weighted by molar-refractivity contribution is 7.98. The normalized spacial score (nSPS) is 15.6. The molecule has 2 aromatic carbocycles. The Balaban J connectivity index is 1.54. The first-order chi connectivity index (χ1) is 13.3. The van der Waals surface area contributed by atoms with E-state index in [0.717, 1.165) is 34.5 Å². The van der Waals surface area contributed by atoms with Gasteiger partial charge in [0.05, 0.1) is 11.4 Å². The van der Waals surface area contributed by atoms with Crippen molar-refractivity contribution in [1.82, 2.24) is 4.98 Å². The summed E-state index contributed by atoms with van der Waals surface area (Å²) in [4.78, 5) is 4.85. The number of fused-ring (bicyclic) bond motifs is 6. The van der Waals surface area contributed by atoms with E-state index in [1.807, 2.05) is 35.3 Å². The van der Waals surface area contributed by atoms with Gasteiger partial charge in [-0.25, -0.2) is 0 Å². The standard InChI is InChI=1S/C23H23NS3/c1-4-18-10-20(6-1)14-26-16-22-8-3-9-23(24-22)17-27-15-21-7-2-5-19(11-21)13-25-12-18/h1-11H,12-17H2. The van der Waals surface area contributed by atoms with Crippen molar-refractivity contribution in [1.29, 1.82) is 0 Å². The average Bonchev–Trinajstić information content (AvgIpc) is 2.69. The summed E-state index contributed by atoms with van der Waals surface area (Å²) >= 11 is 5.90. The Kier molecular flexibility index (Phi) is 6.83. The number of benzene rings is 2. The van der Waals surface area contributed by atoms with Crippen molar-refractivity contribution in [3.63, 3.8) is 0 Å². The van der Waals surface area contributed by atoms with Gasteiger partial charge in [0.1, 0.15) is 0 Å². The van der Waals surface area contributed by atoms with E-state index in [1.54, 1.807) is 0 Å². The zero-order valence-corrected chi connectivity index (χ0v) is 17.7. The second kappa shape index (κ2) is 9.72. The first kappa shape index (κ1) is 19.0. The van der Waals surface area contributed by atoms with E-state index >= 15 is 0 Å². The van der Waals surface area contributed by atoms with E-state index < -0.39 is 0 Å². The van der Waals surface area contributed by atoms with Crippen LogP contribution in [-0.2, 0) is 34.5 Å². The molecule has 4 heteroatoms. The Hall–Kier alpha value is -1.36. The number of aromatic nitrogens is 1.